The monoisotopic (exact) mass is 359 g/mol. The van der Waals surface area contributed by atoms with E-state index >= 15 is 0 Å². The summed E-state index contributed by atoms with van der Waals surface area (Å²) in [4.78, 5) is 28.1. The van der Waals surface area contributed by atoms with Crippen LogP contribution in [0, 0.1) is 6.92 Å². The molecule has 6 heteroatoms. The molecule has 1 amide bonds. The summed E-state index contributed by atoms with van der Waals surface area (Å²) in [5.74, 6) is 2.45. The third-order valence-corrected chi connectivity index (χ3v) is 4.65. The lowest BCUT2D eigenvalue weighted by atomic mass is 10.1. The zero-order valence-electron chi connectivity index (χ0n) is 15.2. The zero-order valence-corrected chi connectivity index (χ0v) is 15.2. The lowest BCUT2D eigenvalue weighted by molar-refractivity contribution is 0.0790. The molecule has 2 aromatic heterocycles. The van der Waals surface area contributed by atoms with Gasteiger partial charge in [0.15, 0.2) is 0 Å². The molecule has 1 saturated heterocycles. The smallest absolute Gasteiger partial charge is 0.253 e. The van der Waals surface area contributed by atoms with Gasteiger partial charge in [-0.15, -0.1) is 0 Å². The number of aryl methyl sites for hydroxylation is 1. The molecule has 4 rings (SSSR count). The highest BCUT2D eigenvalue weighted by Gasteiger charge is 2.30. The molecule has 3 heterocycles. The average molecular weight is 359 g/mol. The Morgan fingerprint density at radius 2 is 1.89 bits per heavy atom. The first-order valence-electron chi connectivity index (χ1n) is 9.07. The number of pyridine rings is 1. The molecule has 0 spiro atoms. The molecular formula is C21H21N5O. The van der Waals surface area contributed by atoms with Crippen molar-refractivity contribution < 1.29 is 4.79 Å². The van der Waals surface area contributed by atoms with Crippen molar-refractivity contribution >= 4 is 17.5 Å². The van der Waals surface area contributed by atoms with E-state index in [-0.39, 0.29) is 11.8 Å². The Kier molecular flexibility index (Phi) is 4.78. The summed E-state index contributed by atoms with van der Waals surface area (Å²) >= 11 is 0. The first kappa shape index (κ1) is 17.1. The highest BCUT2D eigenvalue weighted by Crippen LogP contribution is 2.27. The van der Waals surface area contributed by atoms with Gasteiger partial charge < -0.3 is 10.2 Å². The van der Waals surface area contributed by atoms with Crippen molar-refractivity contribution in [3.8, 4) is 0 Å². The Morgan fingerprint density at radius 1 is 1.07 bits per heavy atom. The maximum absolute atomic E-state index is 12.7. The number of likely N-dealkylation sites (tertiary alicyclic amines) is 1. The number of hydrogen-bond acceptors (Lipinski definition) is 5. The lowest BCUT2D eigenvalue weighted by Crippen LogP contribution is -2.28. The van der Waals surface area contributed by atoms with Gasteiger partial charge in [-0.1, -0.05) is 24.3 Å². The van der Waals surface area contributed by atoms with Crippen molar-refractivity contribution in [3.63, 3.8) is 0 Å². The number of nitrogens with zero attached hydrogens (tertiary/aromatic N) is 4. The molecule has 1 N–H and O–H groups in total. The van der Waals surface area contributed by atoms with Crippen molar-refractivity contribution in [3.05, 3.63) is 77.9 Å². The van der Waals surface area contributed by atoms with E-state index in [1.54, 1.807) is 6.20 Å². The van der Waals surface area contributed by atoms with Crippen molar-refractivity contribution in [2.75, 3.05) is 18.4 Å². The predicted octanol–water partition coefficient (Wildman–Crippen LogP) is 3.55. The van der Waals surface area contributed by atoms with Crippen LogP contribution in [-0.4, -0.2) is 38.8 Å². The summed E-state index contributed by atoms with van der Waals surface area (Å²) in [5, 5.41) is 3.23. The predicted molar refractivity (Wildman–Crippen MR) is 104 cm³/mol. The Labute approximate surface area is 158 Å². The Bertz CT molecular complexity index is 930. The summed E-state index contributed by atoms with van der Waals surface area (Å²) in [5.41, 5.74) is 1.62. The maximum atomic E-state index is 12.7. The van der Waals surface area contributed by atoms with Crippen molar-refractivity contribution in [1.82, 2.24) is 19.9 Å². The van der Waals surface area contributed by atoms with E-state index in [2.05, 4.69) is 20.3 Å². The van der Waals surface area contributed by atoms with Gasteiger partial charge >= 0.3 is 0 Å². The van der Waals surface area contributed by atoms with Gasteiger partial charge in [0.25, 0.3) is 5.91 Å². The Balaban J connectivity index is 1.50. The molecule has 1 aliphatic rings. The SMILES string of the molecule is Cc1cc(Nc2ccccn2)nc([C@@H]2CCN(C(=O)c3ccccc3)C2)n1. The van der Waals surface area contributed by atoms with Crippen LogP contribution in [0.5, 0.6) is 0 Å². The topological polar surface area (TPSA) is 71.0 Å². The van der Waals surface area contributed by atoms with Gasteiger partial charge in [-0.05, 0) is 37.6 Å². The molecule has 1 aliphatic heterocycles. The third kappa shape index (κ3) is 3.95. The lowest BCUT2D eigenvalue weighted by Gasteiger charge is -2.16. The van der Waals surface area contributed by atoms with Crippen LogP contribution in [0.3, 0.4) is 0 Å². The second-order valence-corrected chi connectivity index (χ2v) is 6.70. The highest BCUT2D eigenvalue weighted by molar-refractivity contribution is 5.94. The van der Waals surface area contributed by atoms with Crippen molar-refractivity contribution in [2.45, 2.75) is 19.3 Å². The number of amides is 1. The first-order valence-corrected chi connectivity index (χ1v) is 9.07. The molecule has 1 atom stereocenters. The van der Waals surface area contributed by atoms with E-state index < -0.39 is 0 Å². The van der Waals surface area contributed by atoms with Crippen LogP contribution in [0.4, 0.5) is 11.6 Å². The normalized spacial score (nSPS) is 16.3. The second kappa shape index (κ2) is 7.53. The third-order valence-electron chi connectivity index (χ3n) is 4.65. The van der Waals surface area contributed by atoms with Gasteiger partial charge in [-0.2, -0.15) is 0 Å². The van der Waals surface area contributed by atoms with Crippen LogP contribution in [0.2, 0.25) is 0 Å². The van der Waals surface area contributed by atoms with E-state index in [9.17, 15) is 4.79 Å². The average Bonchev–Trinajstić information content (AvgIpc) is 3.19. The fourth-order valence-corrected chi connectivity index (χ4v) is 3.32. The summed E-state index contributed by atoms with van der Waals surface area (Å²) in [6, 6.07) is 17.0. The number of hydrogen-bond donors (Lipinski definition) is 1. The molecule has 0 unspecified atom stereocenters. The summed E-state index contributed by atoms with van der Waals surface area (Å²) in [6.45, 7) is 3.32. The number of nitrogens with one attached hydrogen (secondary N) is 1. The molecule has 1 fully saturated rings. The van der Waals surface area contributed by atoms with Crippen LogP contribution in [0.25, 0.3) is 0 Å². The van der Waals surface area contributed by atoms with E-state index in [1.165, 1.54) is 0 Å². The van der Waals surface area contributed by atoms with Gasteiger partial charge in [-0.3, -0.25) is 4.79 Å². The van der Waals surface area contributed by atoms with Crippen LogP contribution < -0.4 is 5.32 Å². The molecule has 0 radical (unpaired) electrons. The largest absolute Gasteiger partial charge is 0.338 e. The van der Waals surface area contributed by atoms with Crippen LogP contribution in [-0.2, 0) is 0 Å². The van der Waals surface area contributed by atoms with Crippen molar-refractivity contribution in [2.24, 2.45) is 0 Å². The summed E-state index contributed by atoms with van der Waals surface area (Å²) < 4.78 is 0. The fourth-order valence-electron chi connectivity index (χ4n) is 3.32. The molecule has 0 aliphatic carbocycles. The minimum Gasteiger partial charge on any atom is -0.338 e. The highest BCUT2D eigenvalue weighted by atomic mass is 16.2. The molecule has 6 nitrogen and oxygen atoms in total. The summed E-state index contributed by atoms with van der Waals surface area (Å²) in [7, 11) is 0. The Morgan fingerprint density at radius 3 is 2.67 bits per heavy atom. The van der Waals surface area contributed by atoms with E-state index in [0.717, 1.165) is 41.7 Å². The maximum Gasteiger partial charge on any atom is 0.253 e. The van der Waals surface area contributed by atoms with Gasteiger partial charge in [0.05, 0.1) is 0 Å². The standard InChI is InChI=1S/C21H21N5O/c1-15-13-19(24-18-9-5-6-11-22-18)25-20(23-15)17-10-12-26(14-17)21(27)16-7-3-2-4-8-16/h2-9,11,13,17H,10,12,14H2,1H3,(H,22,23,24,25)/t17-/m1/s1. The van der Waals surface area contributed by atoms with Gasteiger partial charge in [0.2, 0.25) is 0 Å². The minimum absolute atomic E-state index is 0.0672. The van der Waals surface area contributed by atoms with Gasteiger partial charge in [-0.25, -0.2) is 15.0 Å². The molecule has 0 bridgehead atoms. The van der Waals surface area contributed by atoms with Crippen LogP contribution in [0.1, 0.15) is 34.2 Å². The van der Waals surface area contributed by atoms with E-state index in [4.69, 9.17) is 0 Å². The second-order valence-electron chi connectivity index (χ2n) is 6.70. The number of carbonyl (C=O) groups is 1. The number of rotatable bonds is 4. The molecule has 1 aromatic carbocycles. The molecule has 3 aromatic rings. The van der Waals surface area contributed by atoms with Gasteiger partial charge in [0.1, 0.15) is 17.5 Å². The molecule has 0 saturated carbocycles. The zero-order chi connectivity index (χ0) is 18.6. The van der Waals surface area contributed by atoms with E-state index in [0.29, 0.717) is 6.54 Å². The minimum atomic E-state index is 0.0672. The molecular weight excluding hydrogens is 338 g/mol. The number of carbonyl (C=O) groups excluding carboxylic acids is 1. The van der Waals surface area contributed by atoms with Gasteiger partial charge in [0, 0.05) is 42.5 Å². The first-order chi connectivity index (χ1) is 13.2. The van der Waals surface area contributed by atoms with Crippen LogP contribution >= 0.6 is 0 Å². The molecule has 27 heavy (non-hydrogen) atoms. The quantitative estimate of drug-likeness (QED) is 0.771. The summed E-state index contributed by atoms with van der Waals surface area (Å²) in [6.07, 6.45) is 2.60. The number of anilines is 2. The van der Waals surface area contributed by atoms with Crippen LogP contribution in [0.15, 0.2) is 60.8 Å². The Hall–Kier alpha value is -3.28. The fraction of sp³-hybridized carbons (Fsp3) is 0.238. The van der Waals surface area contributed by atoms with Crippen molar-refractivity contribution in [1.29, 1.82) is 0 Å². The number of benzene rings is 1. The molecule has 136 valence electrons. The number of aromatic nitrogens is 3. The van der Waals surface area contributed by atoms with E-state index in [1.807, 2.05) is 66.4 Å².